The van der Waals surface area contributed by atoms with Gasteiger partial charge in [-0.3, -0.25) is 0 Å². The highest BCUT2D eigenvalue weighted by molar-refractivity contribution is 7.09. The van der Waals surface area contributed by atoms with Gasteiger partial charge in [0.05, 0.1) is 6.04 Å². The van der Waals surface area contributed by atoms with E-state index < -0.39 is 0 Å². The van der Waals surface area contributed by atoms with E-state index in [1.54, 1.807) is 11.3 Å². The molecule has 2 unspecified atom stereocenters. The van der Waals surface area contributed by atoms with Crippen LogP contribution in [0.2, 0.25) is 0 Å². The summed E-state index contributed by atoms with van der Waals surface area (Å²) >= 11 is 1.64. The van der Waals surface area contributed by atoms with E-state index in [2.05, 4.69) is 30.2 Å². The zero-order valence-electron chi connectivity index (χ0n) is 12.1. The molecule has 0 aliphatic heterocycles. The van der Waals surface area contributed by atoms with Crippen LogP contribution in [0.4, 0.5) is 0 Å². The molecule has 0 fully saturated rings. The van der Waals surface area contributed by atoms with Crippen molar-refractivity contribution in [3.63, 3.8) is 0 Å². The Morgan fingerprint density at radius 2 is 1.90 bits per heavy atom. The van der Waals surface area contributed by atoms with Gasteiger partial charge in [-0.1, -0.05) is 36.4 Å². The molecule has 0 aliphatic rings. The molecule has 3 nitrogen and oxygen atoms in total. The van der Waals surface area contributed by atoms with Gasteiger partial charge in [-0.15, -0.1) is 11.3 Å². The number of nitrogens with zero attached hydrogens (tertiary/aromatic N) is 1. The first-order valence-electron chi connectivity index (χ1n) is 7.03. The summed E-state index contributed by atoms with van der Waals surface area (Å²) in [6.45, 7) is 4.15. The molecular weight excluding hydrogens is 280 g/mol. The molecule has 0 saturated heterocycles. The van der Waals surface area contributed by atoms with Crippen LogP contribution in [0.5, 0.6) is 5.75 Å². The summed E-state index contributed by atoms with van der Waals surface area (Å²) in [7, 11) is 0. The van der Waals surface area contributed by atoms with Crippen LogP contribution in [-0.2, 0) is 0 Å². The molecule has 21 heavy (non-hydrogen) atoms. The second-order valence-corrected chi connectivity index (χ2v) is 6.13. The van der Waals surface area contributed by atoms with Crippen molar-refractivity contribution < 1.29 is 5.11 Å². The molecule has 3 aromatic rings. The molecule has 2 aromatic carbocycles. The minimum absolute atomic E-state index is 0.0495. The Kier molecular flexibility index (Phi) is 3.90. The van der Waals surface area contributed by atoms with Crippen molar-refractivity contribution in [2.75, 3.05) is 0 Å². The van der Waals surface area contributed by atoms with Crippen molar-refractivity contribution in [1.82, 2.24) is 10.3 Å². The molecule has 0 aliphatic carbocycles. The summed E-state index contributed by atoms with van der Waals surface area (Å²) in [6, 6.07) is 12.1. The molecular formula is C17H18N2OS. The zero-order valence-corrected chi connectivity index (χ0v) is 12.9. The first-order valence-corrected chi connectivity index (χ1v) is 7.91. The fourth-order valence-corrected chi connectivity index (χ4v) is 3.26. The molecule has 2 N–H and O–H groups in total. The number of phenolic OH excluding ortho intramolecular Hbond substituents is 1. The highest BCUT2D eigenvalue weighted by atomic mass is 32.1. The van der Waals surface area contributed by atoms with Gasteiger partial charge < -0.3 is 10.4 Å². The lowest BCUT2D eigenvalue weighted by atomic mass is 10.0. The molecule has 0 radical (unpaired) electrons. The molecule has 1 aromatic heterocycles. The van der Waals surface area contributed by atoms with E-state index in [9.17, 15) is 5.11 Å². The summed E-state index contributed by atoms with van der Waals surface area (Å²) in [5.74, 6) is 0.361. The monoisotopic (exact) mass is 298 g/mol. The molecule has 0 bridgehead atoms. The lowest BCUT2D eigenvalue weighted by Crippen LogP contribution is -2.22. The van der Waals surface area contributed by atoms with Gasteiger partial charge >= 0.3 is 0 Å². The van der Waals surface area contributed by atoms with Crippen molar-refractivity contribution in [2.45, 2.75) is 25.9 Å². The minimum atomic E-state index is 0.0495. The summed E-state index contributed by atoms with van der Waals surface area (Å²) in [6.07, 6.45) is 1.82. The third-order valence-corrected chi connectivity index (χ3v) is 4.68. The lowest BCUT2D eigenvalue weighted by Gasteiger charge is -2.20. The van der Waals surface area contributed by atoms with Crippen LogP contribution < -0.4 is 5.32 Å². The molecule has 108 valence electrons. The van der Waals surface area contributed by atoms with Crippen molar-refractivity contribution in [3.05, 3.63) is 58.5 Å². The standard InChI is InChI=1S/C17H18N2OS/c1-11(19-12(2)17-18-9-10-21-17)14-8-7-13-5-3-4-6-15(13)16(14)20/h3-12,19-20H,1-2H3. The Balaban J connectivity index is 1.87. The van der Waals surface area contributed by atoms with E-state index in [0.717, 1.165) is 21.3 Å². The summed E-state index contributed by atoms with van der Waals surface area (Å²) in [4.78, 5) is 4.33. The number of nitrogens with one attached hydrogen (secondary N) is 1. The van der Waals surface area contributed by atoms with E-state index in [0.29, 0.717) is 5.75 Å². The van der Waals surface area contributed by atoms with Gasteiger partial charge in [0.25, 0.3) is 0 Å². The van der Waals surface area contributed by atoms with Gasteiger partial charge in [-0.05, 0) is 19.2 Å². The van der Waals surface area contributed by atoms with Gasteiger partial charge in [-0.2, -0.15) is 0 Å². The Morgan fingerprint density at radius 1 is 1.10 bits per heavy atom. The average Bonchev–Trinajstić information content (AvgIpc) is 3.02. The number of fused-ring (bicyclic) bond motifs is 1. The maximum Gasteiger partial charge on any atom is 0.128 e. The van der Waals surface area contributed by atoms with Gasteiger partial charge in [0.15, 0.2) is 0 Å². The van der Waals surface area contributed by atoms with Crippen LogP contribution >= 0.6 is 11.3 Å². The summed E-state index contributed by atoms with van der Waals surface area (Å²) in [5, 5.41) is 19.0. The quantitative estimate of drug-likeness (QED) is 0.749. The Hall–Kier alpha value is -1.91. The van der Waals surface area contributed by atoms with Gasteiger partial charge in [0, 0.05) is 28.6 Å². The molecule has 0 spiro atoms. The van der Waals surface area contributed by atoms with E-state index in [1.807, 2.05) is 41.9 Å². The number of aromatic hydroxyl groups is 1. The van der Waals surface area contributed by atoms with Gasteiger partial charge in [-0.25, -0.2) is 4.98 Å². The average molecular weight is 298 g/mol. The number of hydrogen-bond acceptors (Lipinski definition) is 4. The molecule has 4 heteroatoms. The van der Waals surface area contributed by atoms with Crippen LogP contribution in [-0.4, -0.2) is 10.1 Å². The molecule has 3 rings (SSSR count). The van der Waals surface area contributed by atoms with Crippen molar-refractivity contribution in [2.24, 2.45) is 0 Å². The molecule has 0 saturated carbocycles. The summed E-state index contributed by atoms with van der Waals surface area (Å²) < 4.78 is 0. The highest BCUT2D eigenvalue weighted by Crippen LogP contribution is 2.33. The first-order chi connectivity index (χ1) is 10.2. The number of aromatic nitrogens is 1. The first kappa shape index (κ1) is 14.0. The molecule has 1 heterocycles. The van der Waals surface area contributed by atoms with E-state index in [1.165, 1.54) is 0 Å². The second kappa shape index (κ2) is 5.84. The SMILES string of the molecule is CC(NC(C)c1ccc2ccccc2c1O)c1nccs1. The molecule has 0 amide bonds. The number of phenols is 1. The van der Waals surface area contributed by atoms with Crippen LogP contribution in [0.3, 0.4) is 0 Å². The van der Waals surface area contributed by atoms with Crippen LogP contribution in [0.25, 0.3) is 10.8 Å². The zero-order chi connectivity index (χ0) is 14.8. The third kappa shape index (κ3) is 2.77. The fraction of sp³-hybridized carbons (Fsp3) is 0.235. The fourth-order valence-electron chi connectivity index (χ4n) is 2.61. The Labute approximate surface area is 128 Å². The van der Waals surface area contributed by atoms with Crippen molar-refractivity contribution in [3.8, 4) is 5.75 Å². The van der Waals surface area contributed by atoms with Crippen LogP contribution in [0, 0.1) is 0 Å². The number of benzene rings is 2. The molecule has 2 atom stereocenters. The van der Waals surface area contributed by atoms with Gasteiger partial charge in [0.2, 0.25) is 0 Å². The number of thiazole rings is 1. The number of rotatable bonds is 4. The smallest absolute Gasteiger partial charge is 0.128 e. The third-order valence-electron chi connectivity index (χ3n) is 3.72. The normalized spacial score (nSPS) is 14.2. The van der Waals surface area contributed by atoms with E-state index in [4.69, 9.17) is 0 Å². The predicted octanol–water partition coefficient (Wildman–Crippen LogP) is 4.41. The van der Waals surface area contributed by atoms with Crippen molar-refractivity contribution >= 4 is 22.1 Å². The second-order valence-electron chi connectivity index (χ2n) is 5.20. The topological polar surface area (TPSA) is 45.1 Å². The van der Waals surface area contributed by atoms with E-state index in [-0.39, 0.29) is 12.1 Å². The Bertz CT molecular complexity index is 740. The maximum atomic E-state index is 10.5. The summed E-state index contributed by atoms with van der Waals surface area (Å²) in [5.41, 5.74) is 0.914. The van der Waals surface area contributed by atoms with Gasteiger partial charge in [0.1, 0.15) is 10.8 Å². The maximum absolute atomic E-state index is 10.5. The largest absolute Gasteiger partial charge is 0.507 e. The minimum Gasteiger partial charge on any atom is -0.507 e. The van der Waals surface area contributed by atoms with Crippen molar-refractivity contribution in [1.29, 1.82) is 0 Å². The van der Waals surface area contributed by atoms with Crippen LogP contribution in [0.1, 0.15) is 36.5 Å². The number of hydrogen-bond donors (Lipinski definition) is 2. The lowest BCUT2D eigenvalue weighted by molar-refractivity contribution is 0.442. The van der Waals surface area contributed by atoms with E-state index >= 15 is 0 Å². The predicted molar refractivity (Wildman–Crippen MR) is 87.7 cm³/mol. The van der Waals surface area contributed by atoms with Crippen LogP contribution in [0.15, 0.2) is 48.0 Å². The highest BCUT2D eigenvalue weighted by Gasteiger charge is 2.16. The Morgan fingerprint density at radius 3 is 2.67 bits per heavy atom.